The average molecular weight is 377 g/mol. The number of nitrogens with one attached hydrogen (secondary N) is 1. The number of likely N-dealkylation sites (tertiary alicyclic amines) is 1. The number of rotatable bonds is 2. The molecule has 2 atom stereocenters. The topological polar surface area (TPSA) is 48.5 Å². The van der Waals surface area contributed by atoms with Crippen LogP contribution in [0.1, 0.15) is 12.8 Å². The third-order valence-corrected chi connectivity index (χ3v) is 5.49. The molecule has 25 heavy (non-hydrogen) atoms. The van der Waals surface area contributed by atoms with Crippen LogP contribution in [0.3, 0.4) is 0 Å². The maximum Gasteiger partial charge on any atom is 0.322 e. The summed E-state index contributed by atoms with van der Waals surface area (Å²) in [5.41, 5.74) is 1.64. The first-order valence-electron chi connectivity index (χ1n) is 8.32. The maximum atomic E-state index is 12.7. The molecule has 7 heteroatoms. The van der Waals surface area contributed by atoms with Crippen molar-refractivity contribution in [2.45, 2.75) is 24.9 Å². The summed E-state index contributed by atoms with van der Waals surface area (Å²) in [6, 6.07) is 9.96. The highest BCUT2D eigenvalue weighted by Gasteiger charge is 2.42. The van der Waals surface area contributed by atoms with Crippen LogP contribution in [0.25, 0.3) is 0 Å². The van der Waals surface area contributed by atoms with Crippen molar-refractivity contribution in [3.05, 3.63) is 52.8 Å². The fourth-order valence-corrected chi connectivity index (χ4v) is 4.38. The molecule has 2 unspecified atom stereocenters. The van der Waals surface area contributed by atoms with E-state index in [0.29, 0.717) is 16.6 Å². The quantitative estimate of drug-likeness (QED) is 0.850. The highest BCUT2D eigenvalue weighted by molar-refractivity contribution is 6.38. The van der Waals surface area contributed by atoms with Gasteiger partial charge in [0.25, 0.3) is 0 Å². The second kappa shape index (κ2) is 6.73. The summed E-state index contributed by atoms with van der Waals surface area (Å²) in [6.07, 6.45) is 5.05. The molecule has 2 saturated heterocycles. The number of nitrogens with zero attached hydrogens (tertiary/aromatic N) is 3. The number of pyridine rings is 1. The third kappa shape index (κ3) is 3.14. The van der Waals surface area contributed by atoms with E-state index in [-0.39, 0.29) is 18.1 Å². The number of para-hydroxylation sites is 1. The molecule has 130 valence electrons. The molecule has 2 aliphatic rings. The maximum absolute atomic E-state index is 12.7. The lowest BCUT2D eigenvalue weighted by Crippen LogP contribution is -2.41. The molecule has 5 nitrogen and oxygen atoms in total. The summed E-state index contributed by atoms with van der Waals surface area (Å²) in [6.45, 7) is 1.49. The van der Waals surface area contributed by atoms with Gasteiger partial charge in [0.15, 0.2) is 0 Å². The molecule has 1 N–H and O–H groups in total. The molecule has 2 bridgehead atoms. The highest BCUT2D eigenvalue weighted by Crippen LogP contribution is 2.40. The highest BCUT2D eigenvalue weighted by atomic mass is 35.5. The SMILES string of the molecule is O=C(Nc1ccccc1)N1CC2CC1CCN2c1c(Cl)cncc1Cl. The second-order valence-electron chi connectivity index (χ2n) is 6.43. The van der Waals surface area contributed by atoms with Crippen LogP contribution in [0, 0.1) is 0 Å². The number of anilines is 2. The number of aromatic nitrogens is 1. The van der Waals surface area contributed by atoms with Gasteiger partial charge in [0.2, 0.25) is 0 Å². The van der Waals surface area contributed by atoms with Crippen LogP contribution in [0.2, 0.25) is 10.0 Å². The number of piperidine rings is 1. The molecule has 2 aliphatic heterocycles. The number of benzene rings is 1. The molecule has 2 amide bonds. The first-order valence-corrected chi connectivity index (χ1v) is 9.07. The van der Waals surface area contributed by atoms with Gasteiger partial charge < -0.3 is 15.1 Å². The Morgan fingerprint density at radius 2 is 1.84 bits per heavy atom. The Hall–Kier alpha value is -1.98. The van der Waals surface area contributed by atoms with Crippen molar-refractivity contribution in [3.8, 4) is 0 Å². The number of hydrogen-bond donors (Lipinski definition) is 1. The van der Waals surface area contributed by atoms with Crippen molar-refractivity contribution in [1.82, 2.24) is 9.88 Å². The number of urea groups is 1. The van der Waals surface area contributed by atoms with Gasteiger partial charge in [0.05, 0.1) is 15.7 Å². The lowest BCUT2D eigenvalue weighted by molar-refractivity contribution is 0.206. The molecule has 3 heterocycles. The van der Waals surface area contributed by atoms with Crippen molar-refractivity contribution in [1.29, 1.82) is 0 Å². The molecule has 2 fully saturated rings. The van der Waals surface area contributed by atoms with Gasteiger partial charge in [-0.1, -0.05) is 41.4 Å². The Morgan fingerprint density at radius 1 is 1.12 bits per heavy atom. The van der Waals surface area contributed by atoms with Gasteiger partial charge in [0, 0.05) is 43.3 Å². The number of hydrogen-bond acceptors (Lipinski definition) is 3. The van der Waals surface area contributed by atoms with Crippen LogP contribution < -0.4 is 10.2 Å². The van der Waals surface area contributed by atoms with Gasteiger partial charge in [-0.05, 0) is 25.0 Å². The normalized spacial score (nSPS) is 22.2. The van der Waals surface area contributed by atoms with E-state index in [2.05, 4.69) is 15.2 Å². The second-order valence-corrected chi connectivity index (χ2v) is 7.24. The Labute approximate surface area is 156 Å². The lowest BCUT2D eigenvalue weighted by Gasteiger charge is -2.35. The molecule has 2 aromatic rings. The molecule has 0 saturated carbocycles. The van der Waals surface area contributed by atoms with Crippen molar-refractivity contribution >= 4 is 40.6 Å². The van der Waals surface area contributed by atoms with Gasteiger partial charge in [-0.3, -0.25) is 4.98 Å². The van der Waals surface area contributed by atoms with Crippen LogP contribution in [0.4, 0.5) is 16.2 Å². The minimum absolute atomic E-state index is 0.0486. The van der Waals surface area contributed by atoms with Crippen LogP contribution >= 0.6 is 23.2 Å². The van der Waals surface area contributed by atoms with Gasteiger partial charge in [-0.25, -0.2) is 4.79 Å². The molecular formula is C18H18Cl2N4O. The zero-order chi connectivity index (χ0) is 17.4. The molecule has 0 radical (unpaired) electrons. The van der Waals surface area contributed by atoms with Gasteiger partial charge in [-0.2, -0.15) is 0 Å². The Kier molecular flexibility index (Phi) is 4.44. The molecule has 0 spiro atoms. The smallest absolute Gasteiger partial charge is 0.322 e. The summed E-state index contributed by atoms with van der Waals surface area (Å²) in [4.78, 5) is 20.8. The first-order chi connectivity index (χ1) is 12.1. The Bertz CT molecular complexity index is 766. The van der Waals surface area contributed by atoms with Crippen molar-refractivity contribution in [2.75, 3.05) is 23.3 Å². The largest absolute Gasteiger partial charge is 0.364 e. The summed E-state index contributed by atoms with van der Waals surface area (Å²) in [5.74, 6) is 0. The molecule has 1 aromatic heterocycles. The summed E-state index contributed by atoms with van der Waals surface area (Å²) in [5, 5.41) is 4.09. The summed E-state index contributed by atoms with van der Waals surface area (Å²) < 4.78 is 0. The monoisotopic (exact) mass is 376 g/mol. The predicted molar refractivity (Wildman–Crippen MR) is 101 cm³/mol. The number of carbonyl (C=O) groups is 1. The zero-order valence-electron chi connectivity index (χ0n) is 13.5. The lowest BCUT2D eigenvalue weighted by atomic mass is 10.0. The minimum Gasteiger partial charge on any atom is -0.364 e. The molecular weight excluding hydrogens is 359 g/mol. The van der Waals surface area contributed by atoms with E-state index in [4.69, 9.17) is 23.2 Å². The fourth-order valence-electron chi connectivity index (χ4n) is 3.80. The molecule has 4 rings (SSSR count). The predicted octanol–water partition coefficient (Wildman–Crippen LogP) is 4.27. The summed E-state index contributed by atoms with van der Waals surface area (Å²) >= 11 is 12.6. The zero-order valence-corrected chi connectivity index (χ0v) is 15.0. The minimum atomic E-state index is -0.0486. The van der Waals surface area contributed by atoms with E-state index >= 15 is 0 Å². The van der Waals surface area contributed by atoms with E-state index in [1.165, 1.54) is 0 Å². The first kappa shape index (κ1) is 16.5. The van der Waals surface area contributed by atoms with Gasteiger partial charge in [-0.15, -0.1) is 0 Å². The van der Waals surface area contributed by atoms with E-state index in [1.807, 2.05) is 35.2 Å². The standard InChI is InChI=1S/C18H18Cl2N4O/c19-15-9-21-10-16(20)17(15)23-7-6-13-8-14(23)11-24(13)18(25)22-12-4-2-1-3-5-12/h1-5,9-10,13-14H,6-8,11H2,(H,22,25). The number of amides is 2. The van der Waals surface area contributed by atoms with Crippen LogP contribution in [0.15, 0.2) is 42.7 Å². The molecule has 1 aromatic carbocycles. The average Bonchev–Trinajstić information content (AvgIpc) is 2.95. The van der Waals surface area contributed by atoms with E-state index < -0.39 is 0 Å². The fraction of sp³-hybridized carbons (Fsp3) is 0.333. The molecule has 0 aliphatic carbocycles. The number of halogens is 2. The van der Waals surface area contributed by atoms with Gasteiger partial charge >= 0.3 is 6.03 Å². The van der Waals surface area contributed by atoms with Crippen LogP contribution in [-0.2, 0) is 0 Å². The van der Waals surface area contributed by atoms with Crippen molar-refractivity contribution in [3.63, 3.8) is 0 Å². The van der Waals surface area contributed by atoms with E-state index in [1.54, 1.807) is 12.4 Å². The third-order valence-electron chi connectivity index (χ3n) is 4.94. The number of fused-ring (bicyclic) bond motifs is 2. The van der Waals surface area contributed by atoms with E-state index in [0.717, 1.165) is 30.8 Å². The van der Waals surface area contributed by atoms with Crippen LogP contribution in [-0.4, -0.2) is 41.1 Å². The van der Waals surface area contributed by atoms with Gasteiger partial charge in [0.1, 0.15) is 0 Å². The number of carbonyl (C=O) groups excluding carboxylic acids is 1. The van der Waals surface area contributed by atoms with Crippen molar-refractivity contribution < 1.29 is 4.79 Å². The Morgan fingerprint density at radius 3 is 2.56 bits per heavy atom. The van der Waals surface area contributed by atoms with Crippen LogP contribution in [0.5, 0.6) is 0 Å². The van der Waals surface area contributed by atoms with Crippen molar-refractivity contribution in [2.24, 2.45) is 0 Å². The Balaban J connectivity index is 1.51. The summed E-state index contributed by atoms with van der Waals surface area (Å²) in [7, 11) is 0. The van der Waals surface area contributed by atoms with E-state index in [9.17, 15) is 4.79 Å².